The van der Waals surface area contributed by atoms with E-state index in [0.29, 0.717) is 46.9 Å². The summed E-state index contributed by atoms with van der Waals surface area (Å²) in [5, 5.41) is 1.12. The van der Waals surface area contributed by atoms with Crippen molar-refractivity contribution in [3.63, 3.8) is 0 Å². The number of carbonyl (C=O) groups is 1. The highest BCUT2D eigenvalue weighted by atomic mass is 35.5. The van der Waals surface area contributed by atoms with Crippen LogP contribution in [0, 0.1) is 0 Å². The molecule has 0 spiro atoms. The molecule has 1 saturated heterocycles. The SMILES string of the molecule is C=C(C)c1ccc(C2=N[C@@](C)(c3ccc(Cl)cc3)[C@@](C)(c3ccc(Cl)cc3)N2C(=O)N2CCN(CCC(F)(F)F)CC2)c(OCC)c1. The number of rotatable bonds is 8. The summed E-state index contributed by atoms with van der Waals surface area (Å²) in [6.07, 6.45) is -5.13. The lowest BCUT2D eigenvalue weighted by Crippen LogP contribution is -2.60. The maximum Gasteiger partial charge on any atom is 0.390 e. The number of amides is 2. The predicted octanol–water partition coefficient (Wildman–Crippen LogP) is 9.01. The van der Waals surface area contributed by atoms with Crippen molar-refractivity contribution in [2.24, 2.45) is 4.99 Å². The van der Waals surface area contributed by atoms with Crippen molar-refractivity contribution in [2.75, 3.05) is 39.3 Å². The van der Waals surface area contributed by atoms with E-state index in [9.17, 15) is 18.0 Å². The lowest BCUT2D eigenvalue weighted by Gasteiger charge is -2.47. The fourth-order valence-corrected chi connectivity index (χ4v) is 6.66. The summed E-state index contributed by atoms with van der Waals surface area (Å²) >= 11 is 12.7. The zero-order valence-electron chi connectivity index (χ0n) is 27.0. The van der Waals surface area contributed by atoms with E-state index in [1.54, 1.807) is 39.0 Å². The summed E-state index contributed by atoms with van der Waals surface area (Å²) in [5.41, 5.74) is 1.89. The van der Waals surface area contributed by atoms with E-state index in [0.717, 1.165) is 22.3 Å². The maximum atomic E-state index is 15.0. The number of allylic oxidation sites excluding steroid dienone is 1. The van der Waals surface area contributed by atoms with Gasteiger partial charge in [-0.2, -0.15) is 13.2 Å². The summed E-state index contributed by atoms with van der Waals surface area (Å²) in [6, 6.07) is 20.3. The molecular weight excluding hydrogens is 648 g/mol. The Bertz CT molecular complexity index is 1650. The van der Waals surface area contributed by atoms with Gasteiger partial charge in [0.05, 0.1) is 18.6 Å². The molecule has 11 heteroatoms. The van der Waals surface area contributed by atoms with E-state index >= 15 is 0 Å². The van der Waals surface area contributed by atoms with E-state index in [1.165, 1.54) is 0 Å². The van der Waals surface area contributed by atoms with Crippen LogP contribution in [0.15, 0.2) is 78.3 Å². The first-order chi connectivity index (χ1) is 22.2. The second-order valence-corrected chi connectivity index (χ2v) is 13.2. The Morgan fingerprint density at radius 2 is 1.51 bits per heavy atom. The largest absolute Gasteiger partial charge is 0.493 e. The standard InChI is InChI=1S/C36H39Cl2F3N4O2/c1-6-47-31-23-25(24(2)3)7-16-30(31)32-42-34(4,26-8-12-28(37)13-9-26)35(5,27-10-14-29(38)15-11-27)45(32)33(46)44-21-19-43(20-22-44)18-17-36(39,40)41/h7-16,23H,2,6,17-22H2,1,3-5H3/t34-,35+/m0/s1. The molecule has 0 aromatic heterocycles. The van der Waals surface area contributed by atoms with Crippen LogP contribution in [0.2, 0.25) is 10.0 Å². The summed E-state index contributed by atoms with van der Waals surface area (Å²) in [6.45, 7) is 13.3. The molecule has 6 nitrogen and oxygen atoms in total. The first-order valence-electron chi connectivity index (χ1n) is 15.6. The molecule has 5 rings (SSSR count). The molecule has 2 atom stereocenters. The molecule has 3 aromatic carbocycles. The number of nitrogens with zero attached hydrogens (tertiary/aromatic N) is 4. The minimum absolute atomic E-state index is 0.105. The molecule has 0 aliphatic carbocycles. The Morgan fingerprint density at radius 1 is 0.936 bits per heavy atom. The normalized spacial score (nSPS) is 21.9. The molecule has 2 heterocycles. The highest BCUT2D eigenvalue weighted by molar-refractivity contribution is 6.30. The lowest BCUT2D eigenvalue weighted by atomic mass is 9.71. The van der Waals surface area contributed by atoms with Crippen LogP contribution in [0.25, 0.3) is 5.57 Å². The first kappa shape index (κ1) is 34.8. The van der Waals surface area contributed by atoms with Crippen molar-refractivity contribution < 1.29 is 22.7 Å². The van der Waals surface area contributed by atoms with E-state index in [2.05, 4.69) is 6.58 Å². The summed E-state index contributed by atoms with van der Waals surface area (Å²) in [5.74, 6) is 0.974. The van der Waals surface area contributed by atoms with Crippen molar-refractivity contribution in [2.45, 2.75) is 51.4 Å². The number of hydrogen-bond donors (Lipinski definition) is 0. The number of amidine groups is 1. The molecule has 0 N–H and O–H groups in total. The van der Waals surface area contributed by atoms with Gasteiger partial charge in [0.2, 0.25) is 0 Å². The van der Waals surface area contributed by atoms with Gasteiger partial charge in [0.15, 0.2) is 0 Å². The van der Waals surface area contributed by atoms with Crippen molar-refractivity contribution >= 4 is 40.6 Å². The molecule has 0 saturated carbocycles. The molecule has 0 radical (unpaired) electrons. The maximum absolute atomic E-state index is 15.0. The number of halogens is 5. The van der Waals surface area contributed by atoms with Gasteiger partial charge in [-0.15, -0.1) is 0 Å². The van der Waals surface area contributed by atoms with Gasteiger partial charge < -0.3 is 9.64 Å². The number of benzene rings is 3. The van der Waals surface area contributed by atoms with Crippen molar-refractivity contribution in [1.29, 1.82) is 0 Å². The highest BCUT2D eigenvalue weighted by Gasteiger charge is 2.60. The smallest absolute Gasteiger partial charge is 0.390 e. The van der Waals surface area contributed by atoms with E-state index in [4.69, 9.17) is 32.9 Å². The average Bonchev–Trinajstić information content (AvgIpc) is 3.28. The van der Waals surface area contributed by atoms with E-state index in [1.807, 2.05) is 70.2 Å². The molecule has 2 aliphatic rings. The van der Waals surface area contributed by atoms with Crippen LogP contribution in [0.4, 0.5) is 18.0 Å². The number of hydrogen-bond acceptors (Lipinski definition) is 4. The van der Waals surface area contributed by atoms with E-state index < -0.39 is 23.7 Å². The minimum Gasteiger partial charge on any atom is -0.493 e. The zero-order valence-corrected chi connectivity index (χ0v) is 28.5. The van der Waals surface area contributed by atoms with Crippen LogP contribution in [0.5, 0.6) is 5.75 Å². The van der Waals surface area contributed by atoms with Gasteiger partial charge in [0, 0.05) is 42.8 Å². The lowest BCUT2D eigenvalue weighted by molar-refractivity contribution is -0.138. The fraction of sp³-hybridized carbons (Fsp3) is 0.389. The van der Waals surface area contributed by atoms with Crippen molar-refractivity contribution in [3.05, 3.63) is 106 Å². The summed E-state index contributed by atoms with van der Waals surface area (Å²) in [4.78, 5) is 25.5. The molecule has 0 bridgehead atoms. The molecule has 1 fully saturated rings. The van der Waals surface area contributed by atoms with Crippen molar-refractivity contribution in [1.82, 2.24) is 14.7 Å². The Labute approximate surface area is 284 Å². The summed E-state index contributed by atoms with van der Waals surface area (Å²) in [7, 11) is 0. The quantitative estimate of drug-likeness (QED) is 0.238. The predicted molar refractivity (Wildman–Crippen MR) is 182 cm³/mol. The molecule has 3 aromatic rings. The summed E-state index contributed by atoms with van der Waals surface area (Å²) < 4.78 is 45.0. The number of urea groups is 1. The Kier molecular flexibility index (Phi) is 10.0. The van der Waals surface area contributed by atoms with Gasteiger partial charge >= 0.3 is 12.2 Å². The Morgan fingerprint density at radius 3 is 2.04 bits per heavy atom. The van der Waals surface area contributed by atoms with Crippen LogP contribution in [-0.4, -0.2) is 72.1 Å². The van der Waals surface area contributed by atoms with Gasteiger partial charge in [-0.25, -0.2) is 4.79 Å². The minimum atomic E-state index is -4.24. The molecule has 2 aliphatic heterocycles. The third kappa shape index (κ3) is 6.89. The van der Waals surface area contributed by atoms with Crippen LogP contribution in [0.1, 0.15) is 56.4 Å². The molecular formula is C36H39Cl2F3N4O2. The zero-order chi connectivity index (χ0) is 34.1. The Hall–Kier alpha value is -3.53. The topological polar surface area (TPSA) is 48.4 Å². The van der Waals surface area contributed by atoms with Crippen LogP contribution in [-0.2, 0) is 11.1 Å². The van der Waals surface area contributed by atoms with Crippen molar-refractivity contribution in [3.8, 4) is 5.75 Å². The second kappa shape index (κ2) is 13.5. The molecule has 0 unspecified atom stereocenters. The first-order valence-corrected chi connectivity index (χ1v) is 16.4. The number of piperazine rings is 1. The molecule has 250 valence electrons. The number of alkyl halides is 3. The van der Waals surface area contributed by atoms with Crippen LogP contribution >= 0.6 is 23.2 Å². The Balaban J connectivity index is 1.67. The van der Waals surface area contributed by atoms with Gasteiger partial charge in [-0.1, -0.05) is 65.7 Å². The van der Waals surface area contributed by atoms with E-state index in [-0.39, 0.29) is 25.7 Å². The fourth-order valence-electron chi connectivity index (χ4n) is 6.40. The number of carbonyl (C=O) groups excluding carboxylic acids is 1. The number of ether oxygens (including phenoxy) is 1. The molecule has 2 amide bonds. The van der Waals surface area contributed by atoms with Gasteiger partial charge in [0.25, 0.3) is 0 Å². The van der Waals surface area contributed by atoms with Gasteiger partial charge in [-0.05, 0) is 80.8 Å². The van der Waals surface area contributed by atoms with Gasteiger partial charge in [0.1, 0.15) is 22.7 Å². The molecule has 47 heavy (non-hydrogen) atoms. The van der Waals surface area contributed by atoms with Gasteiger partial charge in [-0.3, -0.25) is 14.8 Å². The van der Waals surface area contributed by atoms with Crippen LogP contribution in [0.3, 0.4) is 0 Å². The third-order valence-corrected chi connectivity index (χ3v) is 9.81. The second-order valence-electron chi connectivity index (χ2n) is 12.3. The monoisotopic (exact) mass is 686 g/mol. The number of aliphatic imine (C=N–C) groups is 1. The highest BCUT2D eigenvalue weighted by Crippen LogP contribution is 2.54. The average molecular weight is 688 g/mol. The third-order valence-electron chi connectivity index (χ3n) is 9.31. The van der Waals surface area contributed by atoms with Crippen LogP contribution < -0.4 is 4.74 Å².